The van der Waals surface area contributed by atoms with E-state index < -0.39 is 17.8 Å². The molecule has 11 heteroatoms. The topological polar surface area (TPSA) is 84.3 Å². The van der Waals surface area contributed by atoms with Crippen molar-refractivity contribution >= 4 is 40.5 Å². The third-order valence-corrected chi connectivity index (χ3v) is 4.37. The van der Waals surface area contributed by atoms with E-state index in [1.807, 2.05) is 0 Å². The van der Waals surface area contributed by atoms with E-state index in [0.29, 0.717) is 0 Å². The Morgan fingerprint density at radius 2 is 2.13 bits per heavy atom. The summed E-state index contributed by atoms with van der Waals surface area (Å²) in [6.45, 7) is 3.07. The molecule has 0 saturated heterocycles. The Kier molecular flexibility index (Phi) is 5.30. The van der Waals surface area contributed by atoms with Crippen LogP contribution >= 0.6 is 23.5 Å². The number of thioether (sulfide) groups is 2. The van der Waals surface area contributed by atoms with Crippen LogP contribution in [0.5, 0.6) is 0 Å². The fraction of sp³-hybridized carbons (Fsp3) is 0.417. The van der Waals surface area contributed by atoms with Crippen LogP contribution in [0, 0.1) is 6.92 Å². The number of aliphatic imine (C=N–C) groups is 1. The van der Waals surface area contributed by atoms with Gasteiger partial charge in [-0.1, -0.05) is 23.5 Å². The monoisotopic (exact) mass is 364 g/mol. The maximum absolute atomic E-state index is 12.7. The standard InChI is InChI=1S/C12H11F3N4O2S2/c1-5-3-7(12(13,14)15)17-10(16-5)22-4-8(20)18-11-19-9(21)6(2)23-11/h3,6H,4H2,1-2H3,(H,18,19,20,21)/t6-/m1/s1. The van der Waals surface area contributed by atoms with Crippen LogP contribution in [0.2, 0.25) is 0 Å². The SMILES string of the molecule is Cc1cc(C(F)(F)F)nc(SCC(=O)NC2=NC(=O)[C@@H](C)S2)n1. The number of aromatic nitrogens is 2. The van der Waals surface area contributed by atoms with Crippen molar-refractivity contribution in [3.63, 3.8) is 0 Å². The third kappa shape index (κ3) is 4.93. The van der Waals surface area contributed by atoms with Crippen molar-refractivity contribution in [2.24, 2.45) is 4.99 Å². The summed E-state index contributed by atoms with van der Waals surface area (Å²) in [5, 5.41) is 2.12. The fourth-order valence-electron chi connectivity index (χ4n) is 1.53. The van der Waals surface area contributed by atoms with Gasteiger partial charge in [-0.3, -0.25) is 9.59 Å². The summed E-state index contributed by atoms with van der Waals surface area (Å²) in [6, 6.07) is 0.834. The highest BCUT2D eigenvalue weighted by Gasteiger charge is 2.33. The number of aryl methyl sites for hydroxylation is 1. The number of hydrogen-bond donors (Lipinski definition) is 1. The number of rotatable bonds is 3. The van der Waals surface area contributed by atoms with Gasteiger partial charge in [0.05, 0.1) is 11.0 Å². The predicted molar refractivity (Wildman–Crippen MR) is 80.1 cm³/mol. The Morgan fingerprint density at radius 1 is 1.43 bits per heavy atom. The van der Waals surface area contributed by atoms with Crippen LogP contribution in [-0.2, 0) is 15.8 Å². The van der Waals surface area contributed by atoms with Crippen LogP contribution in [0.25, 0.3) is 0 Å². The number of alkyl halides is 3. The summed E-state index contributed by atoms with van der Waals surface area (Å²) < 4.78 is 38.0. The molecule has 0 saturated carbocycles. The highest BCUT2D eigenvalue weighted by Crippen LogP contribution is 2.29. The van der Waals surface area contributed by atoms with Crippen LogP contribution in [0.3, 0.4) is 0 Å². The molecule has 0 fully saturated rings. The highest BCUT2D eigenvalue weighted by atomic mass is 32.2. The molecule has 0 radical (unpaired) electrons. The lowest BCUT2D eigenvalue weighted by atomic mass is 10.3. The molecule has 2 heterocycles. The average Bonchev–Trinajstić information content (AvgIpc) is 2.73. The molecule has 23 heavy (non-hydrogen) atoms. The van der Waals surface area contributed by atoms with E-state index in [-0.39, 0.29) is 32.9 Å². The molecule has 0 aliphatic carbocycles. The number of amides is 2. The molecule has 1 aromatic heterocycles. The summed E-state index contributed by atoms with van der Waals surface area (Å²) in [6.07, 6.45) is -4.57. The molecule has 0 unspecified atom stereocenters. The van der Waals surface area contributed by atoms with Crippen molar-refractivity contribution in [2.75, 3.05) is 5.75 Å². The van der Waals surface area contributed by atoms with Gasteiger partial charge in [0.2, 0.25) is 5.91 Å². The first-order valence-corrected chi connectivity index (χ1v) is 8.16. The van der Waals surface area contributed by atoms with Gasteiger partial charge in [-0.05, 0) is 19.9 Å². The number of carbonyl (C=O) groups excluding carboxylic acids is 2. The Hall–Kier alpha value is -1.62. The van der Waals surface area contributed by atoms with Gasteiger partial charge in [0.15, 0.2) is 10.3 Å². The lowest BCUT2D eigenvalue weighted by molar-refractivity contribution is -0.141. The number of nitrogens with zero attached hydrogens (tertiary/aromatic N) is 3. The third-order valence-electron chi connectivity index (χ3n) is 2.55. The van der Waals surface area contributed by atoms with Gasteiger partial charge in [-0.25, -0.2) is 9.97 Å². The summed E-state index contributed by atoms with van der Waals surface area (Å²) >= 11 is 1.89. The normalized spacial score (nSPS) is 18.0. The lowest BCUT2D eigenvalue weighted by Gasteiger charge is -2.08. The second kappa shape index (κ2) is 6.87. The Labute approximate surface area is 137 Å². The summed E-state index contributed by atoms with van der Waals surface area (Å²) in [7, 11) is 0. The first kappa shape index (κ1) is 17.7. The van der Waals surface area contributed by atoms with Gasteiger partial charge in [0, 0.05) is 5.69 Å². The molecule has 0 bridgehead atoms. The van der Waals surface area contributed by atoms with Gasteiger partial charge < -0.3 is 5.32 Å². The lowest BCUT2D eigenvalue weighted by Crippen LogP contribution is -2.29. The van der Waals surface area contributed by atoms with Gasteiger partial charge >= 0.3 is 6.18 Å². The molecule has 1 aliphatic heterocycles. The maximum Gasteiger partial charge on any atom is 0.433 e. The Balaban J connectivity index is 1.96. The highest BCUT2D eigenvalue weighted by molar-refractivity contribution is 8.15. The van der Waals surface area contributed by atoms with Gasteiger partial charge in [0.1, 0.15) is 5.69 Å². The molecular weight excluding hydrogens is 353 g/mol. The van der Waals surface area contributed by atoms with Crippen LogP contribution in [0.1, 0.15) is 18.3 Å². The van der Waals surface area contributed by atoms with Crippen molar-refractivity contribution in [1.29, 1.82) is 0 Å². The molecule has 1 aromatic rings. The van der Waals surface area contributed by atoms with Crippen molar-refractivity contribution in [1.82, 2.24) is 15.3 Å². The minimum atomic E-state index is -4.57. The van der Waals surface area contributed by atoms with Crippen molar-refractivity contribution in [3.05, 3.63) is 17.5 Å². The smallest absolute Gasteiger partial charge is 0.304 e. The predicted octanol–water partition coefficient (Wildman–Crippen LogP) is 2.03. The molecule has 1 N–H and O–H groups in total. The zero-order valence-electron chi connectivity index (χ0n) is 12.0. The van der Waals surface area contributed by atoms with Crippen LogP contribution in [0.15, 0.2) is 16.2 Å². The van der Waals surface area contributed by atoms with E-state index in [1.54, 1.807) is 6.92 Å². The summed E-state index contributed by atoms with van der Waals surface area (Å²) in [4.78, 5) is 33.9. The zero-order valence-corrected chi connectivity index (χ0v) is 13.6. The van der Waals surface area contributed by atoms with E-state index in [0.717, 1.165) is 29.6 Å². The molecule has 1 aliphatic rings. The quantitative estimate of drug-likeness (QED) is 0.653. The number of halogens is 3. The second-order valence-corrected chi connectivity index (χ2v) is 6.80. The minimum Gasteiger partial charge on any atom is -0.304 e. The van der Waals surface area contributed by atoms with E-state index >= 15 is 0 Å². The van der Waals surface area contributed by atoms with Gasteiger partial charge in [-0.15, -0.1) is 0 Å². The van der Waals surface area contributed by atoms with E-state index in [1.165, 1.54) is 6.92 Å². The van der Waals surface area contributed by atoms with Crippen molar-refractivity contribution in [3.8, 4) is 0 Å². The summed E-state index contributed by atoms with van der Waals surface area (Å²) in [5.74, 6) is -1.03. The molecule has 124 valence electrons. The summed E-state index contributed by atoms with van der Waals surface area (Å²) in [5.41, 5.74) is -0.895. The second-order valence-electron chi connectivity index (χ2n) is 4.53. The van der Waals surface area contributed by atoms with Crippen LogP contribution < -0.4 is 5.32 Å². The van der Waals surface area contributed by atoms with Crippen LogP contribution in [0.4, 0.5) is 13.2 Å². The largest absolute Gasteiger partial charge is 0.433 e. The number of amidine groups is 1. The van der Waals surface area contributed by atoms with Crippen molar-refractivity contribution < 1.29 is 22.8 Å². The van der Waals surface area contributed by atoms with Gasteiger partial charge in [-0.2, -0.15) is 18.2 Å². The molecule has 6 nitrogen and oxygen atoms in total. The molecule has 2 rings (SSSR count). The van der Waals surface area contributed by atoms with E-state index in [2.05, 4.69) is 20.3 Å². The number of carbonyl (C=O) groups is 2. The molecule has 0 aromatic carbocycles. The van der Waals surface area contributed by atoms with E-state index in [4.69, 9.17) is 0 Å². The molecule has 0 spiro atoms. The number of hydrogen-bond acceptors (Lipinski definition) is 6. The van der Waals surface area contributed by atoms with E-state index in [9.17, 15) is 22.8 Å². The molecule has 1 atom stereocenters. The maximum atomic E-state index is 12.7. The molecule has 2 amide bonds. The number of nitrogens with one attached hydrogen (secondary N) is 1. The average molecular weight is 364 g/mol. The molecular formula is C12H11F3N4O2S2. The van der Waals surface area contributed by atoms with Crippen molar-refractivity contribution in [2.45, 2.75) is 30.4 Å². The first-order valence-electron chi connectivity index (χ1n) is 6.30. The van der Waals surface area contributed by atoms with Gasteiger partial charge in [0.25, 0.3) is 5.91 Å². The van der Waals surface area contributed by atoms with Crippen LogP contribution in [-0.4, -0.2) is 38.0 Å². The fourth-order valence-corrected chi connectivity index (χ4v) is 3.04. The Morgan fingerprint density at radius 3 is 2.70 bits per heavy atom. The zero-order chi connectivity index (χ0) is 17.2. The minimum absolute atomic E-state index is 0.141. The Bertz CT molecular complexity index is 679. The first-order chi connectivity index (χ1) is 10.6.